The van der Waals surface area contributed by atoms with E-state index in [0.717, 1.165) is 11.3 Å². The van der Waals surface area contributed by atoms with Gasteiger partial charge in [-0.25, -0.2) is 0 Å². The standard InChI is InChI=1S/C17H18ClN3/c1-13(2)10-17(12-19,14-4-3-9-20-11-14)21-16-7-5-15(18)6-8-16/h3-9,11,13,21H,10H2,1-2H3. The normalized spacial score (nSPS) is 13.5. The zero-order valence-electron chi connectivity index (χ0n) is 12.2. The Bertz CT molecular complexity index is 617. The second kappa shape index (κ2) is 6.60. The van der Waals surface area contributed by atoms with E-state index in [1.807, 2.05) is 36.4 Å². The van der Waals surface area contributed by atoms with Crippen LogP contribution >= 0.6 is 11.6 Å². The summed E-state index contributed by atoms with van der Waals surface area (Å²) < 4.78 is 0. The van der Waals surface area contributed by atoms with Crippen LogP contribution in [0.25, 0.3) is 0 Å². The molecule has 1 atom stereocenters. The fourth-order valence-electron chi connectivity index (χ4n) is 2.39. The van der Waals surface area contributed by atoms with E-state index < -0.39 is 5.54 Å². The molecule has 1 N–H and O–H groups in total. The molecule has 0 radical (unpaired) electrons. The number of halogens is 1. The van der Waals surface area contributed by atoms with Crippen molar-refractivity contribution < 1.29 is 0 Å². The molecule has 1 aromatic carbocycles. The van der Waals surface area contributed by atoms with Gasteiger partial charge in [0.1, 0.15) is 0 Å². The van der Waals surface area contributed by atoms with Crippen molar-refractivity contribution in [1.82, 2.24) is 4.98 Å². The van der Waals surface area contributed by atoms with Gasteiger partial charge in [-0.05, 0) is 42.7 Å². The first kappa shape index (κ1) is 15.3. The molecule has 108 valence electrons. The smallest absolute Gasteiger partial charge is 0.152 e. The quantitative estimate of drug-likeness (QED) is 0.877. The van der Waals surface area contributed by atoms with Gasteiger partial charge in [0.15, 0.2) is 5.54 Å². The molecule has 1 heterocycles. The molecule has 1 unspecified atom stereocenters. The van der Waals surface area contributed by atoms with Gasteiger partial charge >= 0.3 is 0 Å². The Kier molecular flexibility index (Phi) is 4.82. The van der Waals surface area contributed by atoms with Crippen molar-refractivity contribution in [2.45, 2.75) is 25.8 Å². The van der Waals surface area contributed by atoms with Crippen molar-refractivity contribution in [3.8, 4) is 6.07 Å². The van der Waals surface area contributed by atoms with Gasteiger partial charge in [0, 0.05) is 28.7 Å². The predicted octanol–water partition coefficient (Wildman–Crippen LogP) is 4.61. The lowest BCUT2D eigenvalue weighted by molar-refractivity contribution is 0.458. The van der Waals surface area contributed by atoms with Crippen molar-refractivity contribution in [1.29, 1.82) is 5.26 Å². The van der Waals surface area contributed by atoms with Gasteiger partial charge in [-0.3, -0.25) is 4.98 Å². The molecule has 1 aromatic heterocycles. The predicted molar refractivity (Wildman–Crippen MR) is 86.1 cm³/mol. The minimum Gasteiger partial charge on any atom is -0.364 e. The number of benzene rings is 1. The van der Waals surface area contributed by atoms with Gasteiger partial charge in [-0.2, -0.15) is 5.26 Å². The van der Waals surface area contributed by atoms with Crippen LogP contribution in [-0.4, -0.2) is 4.98 Å². The van der Waals surface area contributed by atoms with Gasteiger partial charge in [0.25, 0.3) is 0 Å². The summed E-state index contributed by atoms with van der Waals surface area (Å²) in [7, 11) is 0. The van der Waals surface area contributed by atoms with Crippen molar-refractivity contribution >= 4 is 17.3 Å². The fraction of sp³-hybridized carbons (Fsp3) is 0.294. The molecule has 0 aliphatic rings. The van der Waals surface area contributed by atoms with Crippen LogP contribution in [0.1, 0.15) is 25.8 Å². The summed E-state index contributed by atoms with van der Waals surface area (Å²) in [5.74, 6) is 0.365. The Balaban J connectivity index is 2.40. The van der Waals surface area contributed by atoms with E-state index in [4.69, 9.17) is 11.6 Å². The Morgan fingerprint density at radius 2 is 2.00 bits per heavy atom. The van der Waals surface area contributed by atoms with Gasteiger partial charge in [0.05, 0.1) is 6.07 Å². The number of aromatic nitrogens is 1. The average molecular weight is 300 g/mol. The van der Waals surface area contributed by atoms with Gasteiger partial charge < -0.3 is 5.32 Å². The molecule has 2 rings (SSSR count). The van der Waals surface area contributed by atoms with Crippen LogP contribution in [0.3, 0.4) is 0 Å². The Labute approximate surface area is 130 Å². The van der Waals surface area contributed by atoms with Gasteiger partial charge in [-0.15, -0.1) is 0 Å². The van der Waals surface area contributed by atoms with Crippen LogP contribution < -0.4 is 5.32 Å². The molecule has 2 aromatic rings. The third-order valence-electron chi connectivity index (χ3n) is 3.26. The summed E-state index contributed by atoms with van der Waals surface area (Å²) in [4.78, 5) is 4.15. The van der Waals surface area contributed by atoms with Gasteiger partial charge in [-0.1, -0.05) is 31.5 Å². The van der Waals surface area contributed by atoms with Crippen LogP contribution in [-0.2, 0) is 5.54 Å². The highest BCUT2D eigenvalue weighted by Gasteiger charge is 2.33. The molecule has 0 saturated carbocycles. The van der Waals surface area contributed by atoms with E-state index in [9.17, 15) is 5.26 Å². The molecular weight excluding hydrogens is 282 g/mol. The van der Waals surface area contributed by atoms with E-state index in [1.54, 1.807) is 12.4 Å². The monoisotopic (exact) mass is 299 g/mol. The van der Waals surface area contributed by atoms with Crippen molar-refractivity contribution in [2.24, 2.45) is 5.92 Å². The Morgan fingerprint density at radius 3 is 2.52 bits per heavy atom. The molecule has 0 spiro atoms. The number of pyridine rings is 1. The lowest BCUT2D eigenvalue weighted by Gasteiger charge is -2.31. The summed E-state index contributed by atoms with van der Waals surface area (Å²) in [6.45, 7) is 4.21. The van der Waals surface area contributed by atoms with E-state index in [2.05, 4.69) is 30.2 Å². The van der Waals surface area contributed by atoms with E-state index in [-0.39, 0.29) is 0 Å². The maximum Gasteiger partial charge on any atom is 0.152 e. The molecule has 0 amide bonds. The highest BCUT2D eigenvalue weighted by Crippen LogP contribution is 2.32. The van der Waals surface area contributed by atoms with Crippen molar-refractivity contribution in [2.75, 3.05) is 5.32 Å². The minimum atomic E-state index is -0.795. The van der Waals surface area contributed by atoms with Crippen molar-refractivity contribution in [3.63, 3.8) is 0 Å². The first-order valence-corrected chi connectivity index (χ1v) is 7.29. The van der Waals surface area contributed by atoms with Crippen LogP contribution in [0.15, 0.2) is 48.8 Å². The largest absolute Gasteiger partial charge is 0.364 e. The Morgan fingerprint density at radius 1 is 1.29 bits per heavy atom. The highest BCUT2D eigenvalue weighted by molar-refractivity contribution is 6.30. The summed E-state index contributed by atoms with van der Waals surface area (Å²) in [6, 6.07) is 13.6. The topological polar surface area (TPSA) is 48.7 Å². The summed E-state index contributed by atoms with van der Waals surface area (Å²) in [5.41, 5.74) is 0.942. The summed E-state index contributed by atoms with van der Waals surface area (Å²) in [5, 5.41) is 13.9. The van der Waals surface area contributed by atoms with Crippen LogP contribution in [0.2, 0.25) is 5.02 Å². The number of anilines is 1. The number of nitrogens with zero attached hydrogens (tertiary/aromatic N) is 2. The van der Waals surface area contributed by atoms with Crippen molar-refractivity contribution in [3.05, 3.63) is 59.4 Å². The SMILES string of the molecule is CC(C)CC(C#N)(Nc1ccc(Cl)cc1)c1cccnc1. The average Bonchev–Trinajstić information content (AvgIpc) is 2.49. The lowest BCUT2D eigenvalue weighted by atomic mass is 9.84. The van der Waals surface area contributed by atoms with E-state index in [1.165, 1.54) is 0 Å². The molecule has 0 fully saturated rings. The van der Waals surface area contributed by atoms with E-state index >= 15 is 0 Å². The molecule has 21 heavy (non-hydrogen) atoms. The highest BCUT2D eigenvalue weighted by atomic mass is 35.5. The number of hydrogen-bond acceptors (Lipinski definition) is 3. The lowest BCUT2D eigenvalue weighted by Crippen LogP contribution is -2.35. The number of nitriles is 1. The zero-order chi connectivity index (χ0) is 15.3. The molecule has 0 aliphatic heterocycles. The number of hydrogen-bond donors (Lipinski definition) is 1. The second-order valence-electron chi connectivity index (χ2n) is 5.49. The Hall–Kier alpha value is -2.05. The summed E-state index contributed by atoms with van der Waals surface area (Å²) in [6.07, 6.45) is 4.15. The fourth-order valence-corrected chi connectivity index (χ4v) is 2.51. The zero-order valence-corrected chi connectivity index (χ0v) is 12.9. The summed E-state index contributed by atoms with van der Waals surface area (Å²) >= 11 is 5.92. The van der Waals surface area contributed by atoms with Gasteiger partial charge in [0.2, 0.25) is 0 Å². The van der Waals surface area contributed by atoms with Crippen LogP contribution in [0.4, 0.5) is 5.69 Å². The van der Waals surface area contributed by atoms with Crippen LogP contribution in [0.5, 0.6) is 0 Å². The van der Waals surface area contributed by atoms with E-state index in [0.29, 0.717) is 17.4 Å². The van der Waals surface area contributed by atoms with Crippen LogP contribution in [0, 0.1) is 17.2 Å². The molecular formula is C17H18ClN3. The molecule has 3 nitrogen and oxygen atoms in total. The number of nitrogens with one attached hydrogen (secondary N) is 1. The third kappa shape index (κ3) is 3.74. The minimum absolute atomic E-state index is 0.365. The second-order valence-corrected chi connectivity index (χ2v) is 5.93. The maximum absolute atomic E-state index is 9.83. The third-order valence-corrected chi connectivity index (χ3v) is 3.51. The molecule has 0 saturated heterocycles. The molecule has 0 aliphatic carbocycles. The first-order valence-electron chi connectivity index (χ1n) is 6.91. The molecule has 0 bridgehead atoms. The maximum atomic E-state index is 9.83. The number of rotatable bonds is 5. The molecule has 4 heteroatoms. The first-order chi connectivity index (χ1) is 10.1.